The molecule has 0 spiro atoms. The van der Waals surface area contributed by atoms with Crippen molar-refractivity contribution in [1.82, 2.24) is 19.7 Å². The first-order chi connectivity index (χ1) is 11.8. The molecule has 2 aromatic heterocycles. The highest BCUT2D eigenvalue weighted by molar-refractivity contribution is 6.28. The van der Waals surface area contributed by atoms with Gasteiger partial charge in [0.15, 0.2) is 0 Å². The fourth-order valence-corrected chi connectivity index (χ4v) is 3.70. The molecule has 0 unspecified atom stereocenters. The lowest BCUT2D eigenvalue weighted by atomic mass is 10.1. The minimum atomic E-state index is 0.274. The van der Waals surface area contributed by atoms with E-state index in [2.05, 4.69) is 26.6 Å². The normalized spacial score (nSPS) is 19.7. The standard InChI is InChI=1S/C17H22ClN5O/c18-17-19-10-15(16(22-17)21-13-3-1-2-4-13)12-9-20-23(11-12)14-5-7-24-8-6-14/h9-11,13-14H,1-8H2,(H,19,21,22). The van der Waals surface area contributed by atoms with Crippen LogP contribution >= 0.6 is 11.6 Å². The molecule has 0 atom stereocenters. The van der Waals surface area contributed by atoms with Crippen LogP contribution in [0.5, 0.6) is 0 Å². The van der Waals surface area contributed by atoms with Crippen LogP contribution < -0.4 is 5.32 Å². The summed E-state index contributed by atoms with van der Waals surface area (Å²) in [4.78, 5) is 8.59. The van der Waals surface area contributed by atoms with Crippen LogP contribution in [-0.2, 0) is 4.74 Å². The first-order valence-electron chi connectivity index (χ1n) is 8.71. The minimum absolute atomic E-state index is 0.274. The zero-order valence-electron chi connectivity index (χ0n) is 13.6. The number of nitrogens with one attached hydrogen (secondary N) is 1. The Bertz CT molecular complexity index is 692. The highest BCUT2D eigenvalue weighted by Gasteiger charge is 2.20. The van der Waals surface area contributed by atoms with Gasteiger partial charge < -0.3 is 10.1 Å². The second-order valence-electron chi connectivity index (χ2n) is 6.58. The molecule has 2 fully saturated rings. The first kappa shape index (κ1) is 15.8. The van der Waals surface area contributed by atoms with Crippen LogP contribution in [0.4, 0.5) is 5.82 Å². The number of hydrogen-bond donors (Lipinski definition) is 1. The van der Waals surface area contributed by atoms with E-state index >= 15 is 0 Å². The third-order valence-electron chi connectivity index (χ3n) is 4.93. The monoisotopic (exact) mass is 347 g/mol. The molecule has 0 radical (unpaired) electrons. The lowest BCUT2D eigenvalue weighted by molar-refractivity contribution is 0.0662. The molecular formula is C17H22ClN5O. The smallest absolute Gasteiger partial charge is 0.224 e. The molecule has 1 saturated carbocycles. The van der Waals surface area contributed by atoms with Gasteiger partial charge in [0, 0.05) is 42.8 Å². The predicted molar refractivity (Wildman–Crippen MR) is 93.2 cm³/mol. The second kappa shape index (κ2) is 7.07. The Morgan fingerprint density at radius 3 is 2.71 bits per heavy atom. The molecule has 1 saturated heterocycles. The molecule has 3 heterocycles. The van der Waals surface area contributed by atoms with E-state index in [9.17, 15) is 0 Å². The van der Waals surface area contributed by atoms with Gasteiger partial charge >= 0.3 is 0 Å². The average molecular weight is 348 g/mol. The van der Waals surface area contributed by atoms with E-state index in [1.54, 1.807) is 6.20 Å². The maximum absolute atomic E-state index is 6.02. The van der Waals surface area contributed by atoms with E-state index in [0.29, 0.717) is 12.1 Å². The van der Waals surface area contributed by atoms with E-state index in [0.717, 1.165) is 43.0 Å². The summed E-state index contributed by atoms with van der Waals surface area (Å²) in [5.74, 6) is 0.813. The molecular weight excluding hydrogens is 326 g/mol. The van der Waals surface area contributed by atoms with Crippen molar-refractivity contribution in [2.45, 2.75) is 50.6 Å². The Morgan fingerprint density at radius 1 is 1.12 bits per heavy atom. The molecule has 0 bridgehead atoms. The van der Waals surface area contributed by atoms with Gasteiger partial charge in [-0.3, -0.25) is 4.68 Å². The van der Waals surface area contributed by atoms with Crippen LogP contribution in [0, 0.1) is 0 Å². The second-order valence-corrected chi connectivity index (χ2v) is 6.92. The Morgan fingerprint density at radius 2 is 1.92 bits per heavy atom. The van der Waals surface area contributed by atoms with Crippen LogP contribution in [0.25, 0.3) is 11.1 Å². The van der Waals surface area contributed by atoms with E-state index in [1.807, 2.05) is 10.9 Å². The van der Waals surface area contributed by atoms with Gasteiger partial charge in [-0.25, -0.2) is 9.97 Å². The summed E-state index contributed by atoms with van der Waals surface area (Å²) in [5.41, 5.74) is 1.99. The lowest BCUT2D eigenvalue weighted by Crippen LogP contribution is -2.19. The predicted octanol–water partition coefficient (Wildman–Crippen LogP) is 3.70. The van der Waals surface area contributed by atoms with Gasteiger partial charge in [0.05, 0.1) is 12.2 Å². The summed E-state index contributed by atoms with van der Waals surface area (Å²) < 4.78 is 7.48. The summed E-state index contributed by atoms with van der Waals surface area (Å²) in [5, 5.41) is 8.38. The summed E-state index contributed by atoms with van der Waals surface area (Å²) in [6.45, 7) is 1.61. The summed E-state index contributed by atoms with van der Waals surface area (Å²) in [6.07, 6.45) is 12.7. The van der Waals surface area contributed by atoms with Crippen LogP contribution in [0.15, 0.2) is 18.6 Å². The molecule has 4 rings (SSSR count). The Kier molecular flexibility index (Phi) is 4.67. The summed E-state index contributed by atoms with van der Waals surface area (Å²) in [6, 6.07) is 0.882. The number of anilines is 1. The molecule has 7 heteroatoms. The molecule has 2 aliphatic rings. The topological polar surface area (TPSA) is 64.9 Å². The van der Waals surface area contributed by atoms with Gasteiger partial charge in [0.1, 0.15) is 5.82 Å². The molecule has 0 aromatic carbocycles. The van der Waals surface area contributed by atoms with Crippen molar-refractivity contribution in [1.29, 1.82) is 0 Å². The van der Waals surface area contributed by atoms with Crippen LogP contribution in [0.2, 0.25) is 5.28 Å². The van der Waals surface area contributed by atoms with Crippen molar-refractivity contribution < 1.29 is 4.74 Å². The Labute approximate surface area is 146 Å². The third-order valence-corrected chi connectivity index (χ3v) is 5.11. The van der Waals surface area contributed by atoms with Crippen LogP contribution in [0.3, 0.4) is 0 Å². The number of aromatic nitrogens is 4. The van der Waals surface area contributed by atoms with Gasteiger partial charge in [-0.2, -0.15) is 5.10 Å². The van der Waals surface area contributed by atoms with E-state index < -0.39 is 0 Å². The molecule has 128 valence electrons. The molecule has 0 amide bonds. The Balaban J connectivity index is 1.59. The van der Waals surface area contributed by atoms with Crippen molar-refractivity contribution in [3.8, 4) is 11.1 Å². The molecule has 2 aromatic rings. The zero-order chi connectivity index (χ0) is 16.4. The van der Waals surface area contributed by atoms with E-state index in [4.69, 9.17) is 16.3 Å². The van der Waals surface area contributed by atoms with Gasteiger partial charge in [-0.15, -0.1) is 0 Å². The van der Waals surface area contributed by atoms with Gasteiger partial charge in [0.25, 0.3) is 0 Å². The molecule has 1 aliphatic heterocycles. The molecule has 1 N–H and O–H groups in total. The number of rotatable bonds is 4. The molecule has 1 aliphatic carbocycles. The van der Waals surface area contributed by atoms with Crippen molar-refractivity contribution in [3.05, 3.63) is 23.9 Å². The molecule has 24 heavy (non-hydrogen) atoms. The maximum atomic E-state index is 6.02. The maximum Gasteiger partial charge on any atom is 0.224 e. The third kappa shape index (κ3) is 3.39. The van der Waals surface area contributed by atoms with Gasteiger partial charge in [-0.1, -0.05) is 12.8 Å². The van der Waals surface area contributed by atoms with Crippen molar-refractivity contribution in [2.24, 2.45) is 0 Å². The molecule has 6 nitrogen and oxygen atoms in total. The number of ether oxygens (including phenoxy) is 1. The van der Waals surface area contributed by atoms with Crippen molar-refractivity contribution in [3.63, 3.8) is 0 Å². The van der Waals surface area contributed by atoms with Crippen LogP contribution in [-0.4, -0.2) is 39.0 Å². The highest BCUT2D eigenvalue weighted by Crippen LogP contribution is 2.31. The van der Waals surface area contributed by atoms with Gasteiger partial charge in [-0.05, 0) is 37.3 Å². The van der Waals surface area contributed by atoms with Crippen molar-refractivity contribution in [2.75, 3.05) is 18.5 Å². The van der Waals surface area contributed by atoms with E-state index in [1.165, 1.54) is 25.7 Å². The van der Waals surface area contributed by atoms with Crippen LogP contribution in [0.1, 0.15) is 44.6 Å². The van der Waals surface area contributed by atoms with E-state index in [-0.39, 0.29) is 5.28 Å². The fourth-order valence-electron chi connectivity index (χ4n) is 3.57. The highest BCUT2D eigenvalue weighted by atomic mass is 35.5. The fraction of sp³-hybridized carbons (Fsp3) is 0.588. The minimum Gasteiger partial charge on any atom is -0.381 e. The number of nitrogens with zero attached hydrogens (tertiary/aromatic N) is 4. The Hall–Kier alpha value is -1.66. The van der Waals surface area contributed by atoms with Gasteiger partial charge in [0.2, 0.25) is 5.28 Å². The number of hydrogen-bond acceptors (Lipinski definition) is 5. The summed E-state index contributed by atoms with van der Waals surface area (Å²) in [7, 11) is 0. The lowest BCUT2D eigenvalue weighted by Gasteiger charge is -2.22. The largest absolute Gasteiger partial charge is 0.381 e. The zero-order valence-corrected chi connectivity index (χ0v) is 14.4. The SMILES string of the molecule is Clc1ncc(-c2cnn(C3CCOCC3)c2)c(NC2CCCC2)n1. The number of halogens is 1. The summed E-state index contributed by atoms with van der Waals surface area (Å²) >= 11 is 6.02. The van der Waals surface area contributed by atoms with Crippen molar-refractivity contribution >= 4 is 17.4 Å². The average Bonchev–Trinajstić information content (AvgIpc) is 3.28. The first-order valence-corrected chi connectivity index (χ1v) is 9.09. The quantitative estimate of drug-likeness (QED) is 0.854.